The summed E-state index contributed by atoms with van der Waals surface area (Å²) >= 11 is 0. The second kappa shape index (κ2) is 4.23. The molecule has 7 heteroatoms. The molecule has 0 unspecified atom stereocenters. The maximum Gasteiger partial charge on any atom is 0.291 e. The Bertz CT molecular complexity index is 522. The molecule has 2 aromatic heterocycles. The molecule has 0 aliphatic heterocycles. The molecule has 0 spiro atoms. The number of aliphatic hydroxyl groups excluding tert-OH is 1. The third kappa shape index (κ3) is 1.84. The summed E-state index contributed by atoms with van der Waals surface area (Å²) in [6, 6.07) is 1.77. The molecule has 16 heavy (non-hydrogen) atoms. The second-order valence-corrected chi connectivity index (χ2v) is 3.21. The van der Waals surface area contributed by atoms with Crippen molar-refractivity contribution in [1.29, 1.82) is 0 Å². The first-order valence-corrected chi connectivity index (χ1v) is 4.80. The van der Waals surface area contributed by atoms with Gasteiger partial charge in [0.15, 0.2) is 0 Å². The zero-order chi connectivity index (χ0) is 11.5. The molecule has 0 saturated carbocycles. The van der Waals surface area contributed by atoms with Crippen LogP contribution in [0.1, 0.15) is 16.3 Å². The van der Waals surface area contributed by atoms with E-state index in [-0.39, 0.29) is 19.0 Å². The molecule has 2 heterocycles. The summed E-state index contributed by atoms with van der Waals surface area (Å²) in [6.45, 7) is 1.91. The minimum atomic E-state index is -0.418. The van der Waals surface area contributed by atoms with Crippen molar-refractivity contribution in [3.8, 4) is 0 Å². The third-order valence-corrected chi connectivity index (χ3v) is 2.03. The van der Waals surface area contributed by atoms with Crippen LogP contribution in [0.4, 0.5) is 0 Å². The van der Waals surface area contributed by atoms with Gasteiger partial charge >= 0.3 is 0 Å². The number of amides is 1. The average Bonchev–Trinajstić information content (AvgIpc) is 2.71. The summed E-state index contributed by atoms with van der Waals surface area (Å²) < 4.78 is 1.49. The van der Waals surface area contributed by atoms with Crippen molar-refractivity contribution in [2.45, 2.75) is 6.92 Å². The highest BCUT2D eigenvalue weighted by atomic mass is 16.3. The molecule has 0 saturated heterocycles. The van der Waals surface area contributed by atoms with Gasteiger partial charge in [-0.3, -0.25) is 4.79 Å². The summed E-state index contributed by atoms with van der Waals surface area (Å²) in [7, 11) is 0. The number of rotatable bonds is 3. The van der Waals surface area contributed by atoms with Gasteiger partial charge in [0.05, 0.1) is 6.61 Å². The number of carbonyl (C=O) groups excluding carboxylic acids is 1. The quantitative estimate of drug-likeness (QED) is 0.704. The van der Waals surface area contributed by atoms with Gasteiger partial charge in [0, 0.05) is 18.4 Å². The molecule has 0 atom stereocenters. The highest BCUT2D eigenvalue weighted by molar-refractivity contribution is 5.90. The number of hydrogen-bond donors (Lipinski definition) is 2. The highest BCUT2D eigenvalue weighted by Gasteiger charge is 2.13. The molecular formula is C9H11N5O2. The van der Waals surface area contributed by atoms with Gasteiger partial charge in [-0.15, -0.1) is 5.10 Å². The topological polar surface area (TPSA) is 92.4 Å². The lowest BCUT2D eigenvalue weighted by Gasteiger charge is -1.97. The lowest BCUT2D eigenvalue weighted by Crippen LogP contribution is -2.27. The van der Waals surface area contributed by atoms with E-state index in [4.69, 9.17) is 5.11 Å². The monoisotopic (exact) mass is 221 g/mol. The van der Waals surface area contributed by atoms with Gasteiger partial charge in [0.1, 0.15) is 0 Å². The van der Waals surface area contributed by atoms with Gasteiger partial charge in [-0.2, -0.15) is 4.98 Å². The van der Waals surface area contributed by atoms with Crippen LogP contribution in [0.15, 0.2) is 12.3 Å². The fourth-order valence-electron chi connectivity index (χ4n) is 1.25. The first kappa shape index (κ1) is 10.5. The largest absolute Gasteiger partial charge is 0.395 e. The molecule has 0 bridgehead atoms. The molecule has 2 aromatic rings. The Hall–Kier alpha value is -2.02. The summed E-state index contributed by atoms with van der Waals surface area (Å²) in [4.78, 5) is 19.5. The van der Waals surface area contributed by atoms with Crippen molar-refractivity contribution in [3.63, 3.8) is 0 Å². The summed E-state index contributed by atoms with van der Waals surface area (Å²) in [5.74, 6) is 0.0170. The molecular weight excluding hydrogens is 210 g/mol. The molecule has 0 aliphatic rings. The van der Waals surface area contributed by atoms with Gasteiger partial charge in [-0.1, -0.05) is 0 Å². The number of aliphatic hydroxyl groups is 1. The Kier molecular flexibility index (Phi) is 2.78. The van der Waals surface area contributed by atoms with E-state index in [0.717, 1.165) is 5.69 Å². The minimum absolute atomic E-state index is 0.0512. The Balaban J connectivity index is 2.32. The van der Waals surface area contributed by atoms with Crippen molar-refractivity contribution in [1.82, 2.24) is 24.9 Å². The number of carbonyl (C=O) groups is 1. The number of aryl methyl sites for hydroxylation is 1. The van der Waals surface area contributed by atoms with Crippen LogP contribution in [0.25, 0.3) is 5.78 Å². The SMILES string of the molecule is Cc1ccnc2nc(C(=O)NCCO)nn12. The van der Waals surface area contributed by atoms with Crippen LogP contribution >= 0.6 is 0 Å². The maximum atomic E-state index is 11.5. The molecule has 0 radical (unpaired) electrons. The van der Waals surface area contributed by atoms with Crippen molar-refractivity contribution < 1.29 is 9.90 Å². The molecule has 7 nitrogen and oxygen atoms in total. The van der Waals surface area contributed by atoms with Crippen LogP contribution in [0, 0.1) is 6.92 Å². The first-order chi connectivity index (χ1) is 7.72. The standard InChI is InChI=1S/C9H11N5O2/c1-6-2-3-11-9-12-7(13-14(6)9)8(16)10-4-5-15/h2-3,15H,4-5H2,1H3,(H,10,16). The lowest BCUT2D eigenvalue weighted by atomic mass is 10.5. The van der Waals surface area contributed by atoms with Crippen LogP contribution < -0.4 is 5.32 Å². The lowest BCUT2D eigenvalue weighted by molar-refractivity contribution is 0.0934. The van der Waals surface area contributed by atoms with Gasteiger partial charge in [-0.25, -0.2) is 9.50 Å². The van der Waals surface area contributed by atoms with Crippen molar-refractivity contribution in [2.75, 3.05) is 13.2 Å². The van der Waals surface area contributed by atoms with Crippen molar-refractivity contribution in [2.24, 2.45) is 0 Å². The Morgan fingerprint density at radius 1 is 1.62 bits per heavy atom. The summed E-state index contributed by atoms with van der Waals surface area (Å²) in [6.07, 6.45) is 1.61. The molecule has 84 valence electrons. The van der Waals surface area contributed by atoms with Crippen molar-refractivity contribution >= 4 is 11.7 Å². The molecule has 2 N–H and O–H groups in total. The van der Waals surface area contributed by atoms with E-state index in [0.29, 0.717) is 5.78 Å². The predicted molar refractivity (Wildman–Crippen MR) is 54.9 cm³/mol. The first-order valence-electron chi connectivity index (χ1n) is 4.80. The van der Waals surface area contributed by atoms with E-state index >= 15 is 0 Å². The highest BCUT2D eigenvalue weighted by Crippen LogP contribution is 2.01. The number of nitrogens with zero attached hydrogens (tertiary/aromatic N) is 4. The maximum absolute atomic E-state index is 11.5. The van der Waals surface area contributed by atoms with E-state index in [2.05, 4.69) is 20.4 Å². The van der Waals surface area contributed by atoms with Gasteiger partial charge < -0.3 is 10.4 Å². The predicted octanol–water partition coefficient (Wildman–Crippen LogP) is -0.845. The van der Waals surface area contributed by atoms with E-state index in [9.17, 15) is 4.79 Å². The molecule has 0 aromatic carbocycles. The van der Waals surface area contributed by atoms with E-state index in [1.807, 2.05) is 6.92 Å². The second-order valence-electron chi connectivity index (χ2n) is 3.21. The third-order valence-electron chi connectivity index (χ3n) is 2.03. The number of aromatic nitrogens is 4. The van der Waals surface area contributed by atoms with Gasteiger partial charge in [0.2, 0.25) is 5.82 Å². The molecule has 2 rings (SSSR count). The Labute approximate surface area is 91.1 Å². The van der Waals surface area contributed by atoms with Crippen molar-refractivity contribution in [3.05, 3.63) is 23.8 Å². The molecule has 0 aliphatic carbocycles. The van der Waals surface area contributed by atoms with Crippen LogP contribution in [0.2, 0.25) is 0 Å². The van der Waals surface area contributed by atoms with Gasteiger partial charge in [-0.05, 0) is 13.0 Å². The zero-order valence-electron chi connectivity index (χ0n) is 8.71. The van der Waals surface area contributed by atoms with E-state index in [1.54, 1.807) is 12.3 Å². The smallest absolute Gasteiger partial charge is 0.291 e. The van der Waals surface area contributed by atoms with E-state index in [1.165, 1.54) is 4.52 Å². The number of hydrogen-bond acceptors (Lipinski definition) is 5. The minimum Gasteiger partial charge on any atom is -0.395 e. The average molecular weight is 221 g/mol. The van der Waals surface area contributed by atoms with Crippen LogP contribution in [-0.2, 0) is 0 Å². The molecule has 0 fully saturated rings. The number of nitrogens with one attached hydrogen (secondary N) is 1. The zero-order valence-corrected chi connectivity index (χ0v) is 8.71. The Morgan fingerprint density at radius 2 is 2.44 bits per heavy atom. The van der Waals surface area contributed by atoms with Crippen LogP contribution in [0.3, 0.4) is 0 Å². The fourth-order valence-corrected chi connectivity index (χ4v) is 1.25. The molecule has 1 amide bonds. The van der Waals surface area contributed by atoms with Crippen LogP contribution in [-0.4, -0.2) is 43.7 Å². The fraction of sp³-hybridized carbons (Fsp3) is 0.333. The normalized spacial score (nSPS) is 10.6. The Morgan fingerprint density at radius 3 is 3.12 bits per heavy atom. The number of fused-ring (bicyclic) bond motifs is 1. The van der Waals surface area contributed by atoms with E-state index < -0.39 is 5.91 Å². The van der Waals surface area contributed by atoms with Gasteiger partial charge in [0.25, 0.3) is 11.7 Å². The summed E-state index contributed by atoms with van der Waals surface area (Å²) in [5, 5.41) is 15.1. The van der Waals surface area contributed by atoms with Crippen LogP contribution in [0.5, 0.6) is 0 Å². The summed E-state index contributed by atoms with van der Waals surface area (Å²) in [5.41, 5.74) is 0.846.